The van der Waals surface area contributed by atoms with Gasteiger partial charge in [0.15, 0.2) is 5.82 Å². The molecule has 18 heavy (non-hydrogen) atoms. The van der Waals surface area contributed by atoms with Crippen LogP contribution >= 0.6 is 28.1 Å². The van der Waals surface area contributed by atoms with Gasteiger partial charge in [-0.25, -0.2) is 4.39 Å². The molecular formula is C11H8BrFN4S. The van der Waals surface area contributed by atoms with Crippen molar-refractivity contribution in [2.24, 2.45) is 5.73 Å². The molecule has 1 heterocycles. The van der Waals surface area contributed by atoms with Crippen LogP contribution in [0.2, 0.25) is 0 Å². The third-order valence-electron chi connectivity index (χ3n) is 2.17. The summed E-state index contributed by atoms with van der Waals surface area (Å²) in [7, 11) is 0. The second-order valence-corrected chi connectivity index (χ2v) is 4.71. The lowest BCUT2D eigenvalue weighted by Crippen LogP contribution is -2.13. The summed E-state index contributed by atoms with van der Waals surface area (Å²) in [4.78, 5) is 0.199. The Labute approximate surface area is 117 Å². The number of rotatable bonds is 3. The van der Waals surface area contributed by atoms with Gasteiger partial charge >= 0.3 is 0 Å². The zero-order valence-corrected chi connectivity index (χ0v) is 11.4. The number of nitrogens with zero attached hydrogens (tertiary/aromatic N) is 2. The lowest BCUT2D eigenvalue weighted by atomic mass is 10.2. The van der Waals surface area contributed by atoms with Gasteiger partial charge in [-0.15, -0.1) is 5.10 Å². The average Bonchev–Trinajstić information content (AvgIpc) is 2.34. The highest BCUT2D eigenvalue weighted by atomic mass is 79.9. The summed E-state index contributed by atoms with van der Waals surface area (Å²) in [6.07, 6.45) is 1.49. The van der Waals surface area contributed by atoms with Crippen LogP contribution in [0.3, 0.4) is 0 Å². The number of hydrogen-bond acceptors (Lipinski definition) is 4. The molecule has 0 amide bonds. The van der Waals surface area contributed by atoms with Gasteiger partial charge in [0.25, 0.3) is 0 Å². The van der Waals surface area contributed by atoms with Gasteiger partial charge in [0, 0.05) is 5.69 Å². The van der Waals surface area contributed by atoms with Crippen molar-refractivity contribution in [1.82, 2.24) is 10.2 Å². The Morgan fingerprint density at radius 2 is 2.17 bits per heavy atom. The Morgan fingerprint density at radius 1 is 1.39 bits per heavy atom. The van der Waals surface area contributed by atoms with Crippen molar-refractivity contribution in [1.29, 1.82) is 0 Å². The Balaban J connectivity index is 2.34. The van der Waals surface area contributed by atoms with E-state index in [4.69, 9.17) is 18.0 Å². The van der Waals surface area contributed by atoms with Gasteiger partial charge in [-0.1, -0.05) is 12.2 Å². The smallest absolute Gasteiger partial charge is 0.163 e. The molecule has 0 saturated heterocycles. The van der Waals surface area contributed by atoms with Crippen LogP contribution in [0.25, 0.3) is 0 Å². The standard InChI is InChI=1S/C11H8BrFN4S/c12-8-2-1-6(5-9(8)13)16-11-7(10(14)18)3-4-15-17-11/h1-5H,(H2,14,18)(H,16,17). The molecule has 0 spiro atoms. The van der Waals surface area contributed by atoms with Crippen LogP contribution in [0.1, 0.15) is 5.56 Å². The highest BCUT2D eigenvalue weighted by Crippen LogP contribution is 2.22. The van der Waals surface area contributed by atoms with Gasteiger partial charge in [-0.3, -0.25) is 0 Å². The minimum Gasteiger partial charge on any atom is -0.389 e. The molecule has 0 aliphatic carbocycles. The quantitative estimate of drug-likeness (QED) is 0.849. The highest BCUT2D eigenvalue weighted by Gasteiger charge is 2.08. The van der Waals surface area contributed by atoms with E-state index in [0.717, 1.165) is 0 Å². The van der Waals surface area contributed by atoms with Crippen molar-refractivity contribution in [2.45, 2.75) is 0 Å². The molecule has 0 fully saturated rings. The first-order valence-electron chi connectivity index (χ1n) is 4.91. The molecule has 2 aromatic rings. The lowest BCUT2D eigenvalue weighted by molar-refractivity contribution is 0.622. The lowest BCUT2D eigenvalue weighted by Gasteiger charge is -2.09. The highest BCUT2D eigenvalue weighted by molar-refractivity contribution is 9.10. The first-order valence-corrected chi connectivity index (χ1v) is 6.11. The summed E-state index contributed by atoms with van der Waals surface area (Å²) in [6.45, 7) is 0. The van der Waals surface area contributed by atoms with Crippen molar-refractivity contribution in [2.75, 3.05) is 5.32 Å². The third-order valence-corrected chi connectivity index (χ3v) is 3.03. The number of aromatic nitrogens is 2. The molecule has 0 radical (unpaired) electrons. The number of thiocarbonyl (C=S) groups is 1. The predicted molar refractivity (Wildman–Crippen MR) is 75.3 cm³/mol. The van der Waals surface area contributed by atoms with Crippen molar-refractivity contribution in [3.63, 3.8) is 0 Å². The van der Waals surface area contributed by atoms with Gasteiger partial charge in [0.1, 0.15) is 10.8 Å². The minimum atomic E-state index is -0.374. The van der Waals surface area contributed by atoms with Crippen molar-refractivity contribution < 1.29 is 4.39 Å². The van der Waals surface area contributed by atoms with Crippen molar-refractivity contribution in [3.05, 3.63) is 46.3 Å². The zero-order chi connectivity index (χ0) is 13.1. The van der Waals surface area contributed by atoms with E-state index in [2.05, 4.69) is 31.4 Å². The van der Waals surface area contributed by atoms with E-state index < -0.39 is 0 Å². The maximum atomic E-state index is 13.4. The second kappa shape index (κ2) is 5.36. The van der Waals surface area contributed by atoms with Crippen molar-refractivity contribution >= 4 is 44.6 Å². The normalized spacial score (nSPS) is 10.1. The summed E-state index contributed by atoms with van der Waals surface area (Å²) in [5.74, 6) is 0.0208. The van der Waals surface area contributed by atoms with Crippen LogP contribution in [0, 0.1) is 5.82 Å². The summed E-state index contributed by atoms with van der Waals surface area (Å²) < 4.78 is 13.8. The number of nitrogens with two attached hydrogens (primary N) is 1. The van der Waals surface area contributed by atoms with E-state index in [0.29, 0.717) is 21.5 Å². The molecule has 3 N–H and O–H groups in total. The summed E-state index contributed by atoms with van der Waals surface area (Å²) >= 11 is 7.98. The molecule has 0 saturated carbocycles. The number of halogens is 2. The van der Waals surface area contributed by atoms with Crippen LogP contribution in [0.4, 0.5) is 15.9 Å². The van der Waals surface area contributed by atoms with Gasteiger partial charge in [0.05, 0.1) is 16.2 Å². The second-order valence-electron chi connectivity index (χ2n) is 3.41. The van der Waals surface area contributed by atoms with Gasteiger partial charge < -0.3 is 11.1 Å². The molecule has 0 bridgehead atoms. The fraction of sp³-hybridized carbons (Fsp3) is 0. The molecular weight excluding hydrogens is 319 g/mol. The van der Waals surface area contributed by atoms with E-state index in [1.807, 2.05) is 0 Å². The van der Waals surface area contributed by atoms with Crippen LogP contribution < -0.4 is 11.1 Å². The molecule has 92 valence electrons. The molecule has 0 atom stereocenters. The number of anilines is 2. The van der Waals surface area contributed by atoms with Crippen LogP contribution in [0.5, 0.6) is 0 Å². The van der Waals surface area contributed by atoms with E-state index >= 15 is 0 Å². The largest absolute Gasteiger partial charge is 0.389 e. The first-order chi connectivity index (χ1) is 8.58. The van der Waals surface area contributed by atoms with Gasteiger partial charge in [-0.05, 0) is 40.2 Å². The number of benzene rings is 1. The summed E-state index contributed by atoms with van der Waals surface area (Å²) in [6, 6.07) is 6.27. The monoisotopic (exact) mass is 326 g/mol. The Bertz CT molecular complexity index is 605. The van der Waals surface area contributed by atoms with E-state index in [-0.39, 0.29) is 10.8 Å². The topological polar surface area (TPSA) is 63.8 Å². The fourth-order valence-corrected chi connectivity index (χ4v) is 1.74. The van der Waals surface area contributed by atoms with Crippen LogP contribution in [-0.2, 0) is 0 Å². The number of nitrogens with one attached hydrogen (secondary N) is 1. The predicted octanol–water partition coefficient (Wildman–Crippen LogP) is 2.76. The molecule has 0 unspecified atom stereocenters. The maximum Gasteiger partial charge on any atom is 0.163 e. The molecule has 1 aromatic carbocycles. The number of hydrogen-bond donors (Lipinski definition) is 2. The Kier molecular flexibility index (Phi) is 3.83. The molecule has 0 aliphatic rings. The summed E-state index contributed by atoms with van der Waals surface area (Å²) in [5, 5.41) is 10.5. The van der Waals surface area contributed by atoms with E-state index in [9.17, 15) is 4.39 Å². The van der Waals surface area contributed by atoms with Crippen LogP contribution in [0.15, 0.2) is 34.9 Å². The zero-order valence-electron chi connectivity index (χ0n) is 9.02. The van der Waals surface area contributed by atoms with Crippen molar-refractivity contribution in [3.8, 4) is 0 Å². The van der Waals surface area contributed by atoms with E-state index in [1.54, 1.807) is 18.2 Å². The minimum absolute atomic E-state index is 0.199. The van der Waals surface area contributed by atoms with Crippen LogP contribution in [-0.4, -0.2) is 15.2 Å². The third kappa shape index (κ3) is 2.80. The van der Waals surface area contributed by atoms with E-state index in [1.165, 1.54) is 12.3 Å². The SMILES string of the molecule is NC(=S)c1ccnnc1Nc1ccc(Br)c(F)c1. The molecule has 2 rings (SSSR count). The maximum absolute atomic E-state index is 13.4. The fourth-order valence-electron chi connectivity index (χ4n) is 1.33. The Hall–Kier alpha value is -1.60. The molecule has 4 nitrogen and oxygen atoms in total. The average molecular weight is 327 g/mol. The Morgan fingerprint density at radius 3 is 2.83 bits per heavy atom. The first kappa shape index (κ1) is 12.8. The molecule has 1 aromatic heterocycles. The molecule has 7 heteroatoms. The van der Waals surface area contributed by atoms with Gasteiger partial charge in [0.2, 0.25) is 0 Å². The molecule has 0 aliphatic heterocycles. The van der Waals surface area contributed by atoms with Gasteiger partial charge in [-0.2, -0.15) is 5.10 Å². The summed E-state index contributed by atoms with van der Waals surface area (Å²) in [5.41, 5.74) is 6.66.